The summed E-state index contributed by atoms with van der Waals surface area (Å²) in [7, 11) is 0. The van der Waals surface area contributed by atoms with Gasteiger partial charge in [0, 0.05) is 10.0 Å². The highest BCUT2D eigenvalue weighted by Gasteiger charge is 2.16. The minimum Gasteiger partial charge on any atom is -0.364 e. The van der Waals surface area contributed by atoms with Gasteiger partial charge in [0.1, 0.15) is 0 Å². The van der Waals surface area contributed by atoms with E-state index in [9.17, 15) is 0 Å². The van der Waals surface area contributed by atoms with Crippen LogP contribution in [0.1, 0.15) is 38.2 Å². The molecule has 78 valence electrons. The third kappa shape index (κ3) is 2.56. The van der Waals surface area contributed by atoms with E-state index in [1.807, 2.05) is 18.2 Å². The van der Waals surface area contributed by atoms with E-state index in [1.54, 1.807) is 0 Å². The summed E-state index contributed by atoms with van der Waals surface area (Å²) in [6, 6.07) is 5.64. The van der Waals surface area contributed by atoms with Crippen molar-refractivity contribution in [3.8, 4) is 0 Å². The summed E-state index contributed by atoms with van der Waals surface area (Å²) in [6.07, 6.45) is -1.42. The molecule has 0 amide bonds. The minimum atomic E-state index is -1.42. The lowest BCUT2D eigenvalue weighted by molar-refractivity contribution is -0.0431. The Bertz CT molecular complexity index is 327. The molecule has 0 saturated heterocycles. The Kier molecular flexibility index (Phi) is 3.35. The summed E-state index contributed by atoms with van der Waals surface area (Å²) >= 11 is 3.28. The number of aliphatic hydroxyl groups is 2. The van der Waals surface area contributed by atoms with Gasteiger partial charge in [-0.1, -0.05) is 42.8 Å². The van der Waals surface area contributed by atoms with Gasteiger partial charge in [0.15, 0.2) is 6.29 Å². The third-order valence-corrected chi connectivity index (χ3v) is 2.86. The zero-order valence-corrected chi connectivity index (χ0v) is 10.2. The van der Waals surface area contributed by atoms with Crippen molar-refractivity contribution in [2.75, 3.05) is 0 Å². The van der Waals surface area contributed by atoms with Crippen LogP contribution in [0.2, 0.25) is 0 Å². The van der Waals surface area contributed by atoms with Crippen LogP contribution in [0.5, 0.6) is 0 Å². The molecule has 1 rings (SSSR count). The van der Waals surface area contributed by atoms with Gasteiger partial charge in [0.05, 0.1) is 0 Å². The molecule has 0 heterocycles. The van der Waals surface area contributed by atoms with Crippen molar-refractivity contribution in [1.82, 2.24) is 0 Å². The van der Waals surface area contributed by atoms with Crippen molar-refractivity contribution >= 4 is 15.9 Å². The summed E-state index contributed by atoms with van der Waals surface area (Å²) < 4.78 is 0.723. The Hall–Kier alpha value is -0.380. The Labute approximate surface area is 92.7 Å². The Morgan fingerprint density at radius 2 is 1.79 bits per heavy atom. The van der Waals surface area contributed by atoms with E-state index in [2.05, 4.69) is 36.7 Å². The van der Waals surface area contributed by atoms with E-state index < -0.39 is 6.29 Å². The molecule has 0 aliphatic carbocycles. The highest BCUT2D eigenvalue weighted by atomic mass is 79.9. The molecule has 0 unspecified atom stereocenters. The molecule has 2 nitrogen and oxygen atoms in total. The van der Waals surface area contributed by atoms with Crippen molar-refractivity contribution in [1.29, 1.82) is 0 Å². The zero-order chi connectivity index (χ0) is 10.9. The SMILES string of the molecule is CC(C)(C)c1ccc(Br)c(C(O)O)c1. The molecule has 0 radical (unpaired) electrons. The summed E-state index contributed by atoms with van der Waals surface area (Å²) in [5.74, 6) is 0. The minimum absolute atomic E-state index is 0.0182. The number of benzene rings is 1. The van der Waals surface area contributed by atoms with Crippen molar-refractivity contribution in [2.45, 2.75) is 32.5 Å². The van der Waals surface area contributed by atoms with Gasteiger partial charge in [0.2, 0.25) is 0 Å². The lowest BCUT2D eigenvalue weighted by Crippen LogP contribution is -2.12. The lowest BCUT2D eigenvalue weighted by Gasteiger charge is -2.20. The monoisotopic (exact) mass is 258 g/mol. The van der Waals surface area contributed by atoms with Gasteiger partial charge in [-0.05, 0) is 23.1 Å². The zero-order valence-electron chi connectivity index (χ0n) is 8.58. The number of aliphatic hydroxyl groups excluding tert-OH is 1. The van der Waals surface area contributed by atoms with Gasteiger partial charge >= 0.3 is 0 Å². The van der Waals surface area contributed by atoms with E-state index in [0.29, 0.717) is 5.56 Å². The molecule has 0 aromatic heterocycles. The van der Waals surface area contributed by atoms with E-state index in [0.717, 1.165) is 10.0 Å². The molecular formula is C11H15BrO2. The normalized spacial score (nSPS) is 12.2. The van der Waals surface area contributed by atoms with E-state index in [-0.39, 0.29) is 5.41 Å². The Morgan fingerprint density at radius 3 is 2.21 bits per heavy atom. The number of hydrogen-bond acceptors (Lipinski definition) is 2. The van der Waals surface area contributed by atoms with Crippen LogP contribution in [-0.2, 0) is 5.41 Å². The Balaban J connectivity index is 3.20. The predicted molar refractivity (Wildman–Crippen MR) is 60.0 cm³/mol. The predicted octanol–water partition coefficient (Wildman–Crippen LogP) is 2.73. The van der Waals surface area contributed by atoms with Crippen LogP contribution < -0.4 is 0 Å². The quantitative estimate of drug-likeness (QED) is 0.761. The van der Waals surface area contributed by atoms with Crippen LogP contribution in [0.15, 0.2) is 22.7 Å². The number of halogens is 1. The van der Waals surface area contributed by atoms with Gasteiger partial charge in [-0.25, -0.2) is 0 Å². The maximum absolute atomic E-state index is 9.12. The second kappa shape index (κ2) is 4.01. The van der Waals surface area contributed by atoms with Gasteiger partial charge in [0.25, 0.3) is 0 Å². The van der Waals surface area contributed by atoms with Crippen LogP contribution in [0.3, 0.4) is 0 Å². The summed E-state index contributed by atoms with van der Waals surface area (Å²) in [4.78, 5) is 0. The smallest absolute Gasteiger partial charge is 0.179 e. The molecule has 0 bridgehead atoms. The molecule has 0 fully saturated rings. The fraction of sp³-hybridized carbons (Fsp3) is 0.455. The van der Waals surface area contributed by atoms with E-state index in [1.165, 1.54) is 0 Å². The first kappa shape index (κ1) is 11.7. The summed E-state index contributed by atoms with van der Waals surface area (Å²) in [6.45, 7) is 6.26. The second-order valence-corrected chi connectivity index (χ2v) is 5.21. The Morgan fingerprint density at radius 1 is 1.21 bits per heavy atom. The van der Waals surface area contributed by atoms with Crippen molar-refractivity contribution in [2.24, 2.45) is 0 Å². The van der Waals surface area contributed by atoms with E-state index in [4.69, 9.17) is 10.2 Å². The van der Waals surface area contributed by atoms with Crippen molar-refractivity contribution in [3.63, 3.8) is 0 Å². The molecule has 1 aromatic rings. The first-order chi connectivity index (χ1) is 6.32. The summed E-state index contributed by atoms with van der Waals surface area (Å²) in [5, 5.41) is 18.2. The molecular weight excluding hydrogens is 244 g/mol. The molecule has 0 aliphatic rings. The third-order valence-electron chi connectivity index (χ3n) is 2.14. The second-order valence-electron chi connectivity index (χ2n) is 4.36. The molecule has 0 atom stereocenters. The molecule has 14 heavy (non-hydrogen) atoms. The molecule has 0 saturated carbocycles. The van der Waals surface area contributed by atoms with Crippen LogP contribution in [0.4, 0.5) is 0 Å². The van der Waals surface area contributed by atoms with Crippen molar-refractivity contribution < 1.29 is 10.2 Å². The first-order valence-corrected chi connectivity index (χ1v) is 5.28. The standard InChI is InChI=1S/C11H15BrO2/c1-11(2,3)7-4-5-9(12)8(6-7)10(13)14/h4-6,10,13-14H,1-3H3. The molecule has 0 spiro atoms. The van der Waals surface area contributed by atoms with Gasteiger partial charge in [-0.15, -0.1) is 0 Å². The van der Waals surface area contributed by atoms with Gasteiger partial charge in [-0.3, -0.25) is 0 Å². The first-order valence-electron chi connectivity index (χ1n) is 4.48. The van der Waals surface area contributed by atoms with Gasteiger partial charge in [-0.2, -0.15) is 0 Å². The van der Waals surface area contributed by atoms with Crippen LogP contribution in [-0.4, -0.2) is 10.2 Å². The van der Waals surface area contributed by atoms with Crippen LogP contribution >= 0.6 is 15.9 Å². The van der Waals surface area contributed by atoms with Crippen LogP contribution in [0, 0.1) is 0 Å². The number of hydrogen-bond donors (Lipinski definition) is 2. The topological polar surface area (TPSA) is 40.5 Å². The molecule has 1 aromatic carbocycles. The maximum atomic E-state index is 9.12. The molecule has 0 aliphatic heterocycles. The highest BCUT2D eigenvalue weighted by molar-refractivity contribution is 9.10. The largest absolute Gasteiger partial charge is 0.364 e. The molecule has 3 heteroatoms. The van der Waals surface area contributed by atoms with E-state index >= 15 is 0 Å². The fourth-order valence-electron chi connectivity index (χ4n) is 1.21. The lowest BCUT2D eigenvalue weighted by atomic mass is 9.86. The van der Waals surface area contributed by atoms with Crippen molar-refractivity contribution in [3.05, 3.63) is 33.8 Å². The average molecular weight is 259 g/mol. The summed E-state index contributed by atoms with van der Waals surface area (Å²) in [5.41, 5.74) is 1.62. The fourth-order valence-corrected chi connectivity index (χ4v) is 1.66. The average Bonchev–Trinajstić information content (AvgIpc) is 2.02. The highest BCUT2D eigenvalue weighted by Crippen LogP contribution is 2.29. The van der Waals surface area contributed by atoms with Crippen LogP contribution in [0.25, 0.3) is 0 Å². The van der Waals surface area contributed by atoms with Gasteiger partial charge < -0.3 is 10.2 Å². The molecule has 2 N–H and O–H groups in total. The number of rotatable bonds is 1. The maximum Gasteiger partial charge on any atom is 0.179 e.